The zero-order valence-electron chi connectivity index (χ0n) is 8.46. The van der Waals surface area contributed by atoms with Crippen LogP contribution in [0.3, 0.4) is 0 Å². The average molecular weight is 353 g/mol. The van der Waals surface area contributed by atoms with Crippen molar-refractivity contribution >= 4 is 22.6 Å². The van der Waals surface area contributed by atoms with Crippen molar-refractivity contribution in [3.63, 3.8) is 0 Å². The van der Waals surface area contributed by atoms with Gasteiger partial charge in [0, 0.05) is 6.42 Å². The molecule has 2 nitrogen and oxygen atoms in total. The Balaban J connectivity index is 2.27. The number of rotatable bonds is 2. The van der Waals surface area contributed by atoms with Crippen molar-refractivity contribution in [1.29, 1.82) is 0 Å². The molecule has 0 saturated heterocycles. The molecule has 1 aromatic heterocycles. The van der Waals surface area contributed by atoms with Gasteiger partial charge in [-0.15, -0.1) is 0 Å². The second-order valence-electron chi connectivity index (χ2n) is 3.43. The SMILES string of the molecule is FC(F)(F)c1noc(Cc2ccccc2)c1I. The Morgan fingerprint density at radius 2 is 1.82 bits per heavy atom. The molecule has 0 atom stereocenters. The third-order valence-electron chi connectivity index (χ3n) is 2.18. The van der Waals surface area contributed by atoms with Gasteiger partial charge < -0.3 is 4.52 Å². The topological polar surface area (TPSA) is 26.0 Å². The average Bonchev–Trinajstić information content (AvgIpc) is 2.61. The Morgan fingerprint density at radius 1 is 1.18 bits per heavy atom. The Hall–Kier alpha value is -1.05. The highest BCUT2D eigenvalue weighted by Crippen LogP contribution is 2.33. The fourth-order valence-corrected chi connectivity index (χ4v) is 2.07. The normalized spacial score (nSPS) is 11.8. The maximum absolute atomic E-state index is 12.5. The van der Waals surface area contributed by atoms with E-state index < -0.39 is 11.9 Å². The molecule has 0 radical (unpaired) electrons. The van der Waals surface area contributed by atoms with Gasteiger partial charge in [-0.1, -0.05) is 35.5 Å². The number of benzene rings is 1. The first-order chi connectivity index (χ1) is 7.98. The van der Waals surface area contributed by atoms with Crippen molar-refractivity contribution < 1.29 is 17.7 Å². The number of hydrogen-bond donors (Lipinski definition) is 0. The second-order valence-corrected chi connectivity index (χ2v) is 4.51. The minimum atomic E-state index is -4.46. The summed E-state index contributed by atoms with van der Waals surface area (Å²) in [5.74, 6) is 0.240. The maximum atomic E-state index is 12.5. The number of hydrogen-bond acceptors (Lipinski definition) is 2. The van der Waals surface area contributed by atoms with E-state index >= 15 is 0 Å². The molecule has 0 N–H and O–H groups in total. The maximum Gasteiger partial charge on any atom is 0.437 e. The highest BCUT2D eigenvalue weighted by atomic mass is 127. The number of nitrogens with zero attached hydrogens (tertiary/aromatic N) is 1. The summed E-state index contributed by atoms with van der Waals surface area (Å²) in [5, 5.41) is 3.08. The molecule has 2 aromatic rings. The first-order valence-corrected chi connectivity index (χ1v) is 5.81. The van der Waals surface area contributed by atoms with E-state index in [1.54, 1.807) is 22.6 Å². The van der Waals surface area contributed by atoms with E-state index in [9.17, 15) is 13.2 Å². The molecule has 0 aliphatic heterocycles. The third kappa shape index (κ3) is 2.80. The van der Waals surface area contributed by atoms with Gasteiger partial charge in [0.2, 0.25) is 5.69 Å². The van der Waals surface area contributed by atoms with Gasteiger partial charge in [0.1, 0.15) is 0 Å². The summed E-state index contributed by atoms with van der Waals surface area (Å²) in [4.78, 5) is 0. The van der Waals surface area contributed by atoms with E-state index in [4.69, 9.17) is 4.52 Å². The highest BCUT2D eigenvalue weighted by molar-refractivity contribution is 14.1. The minimum Gasteiger partial charge on any atom is -0.359 e. The molecule has 0 aliphatic rings. The van der Waals surface area contributed by atoms with Gasteiger partial charge in [-0.25, -0.2) is 0 Å². The van der Waals surface area contributed by atoms with Crippen LogP contribution in [0.15, 0.2) is 34.9 Å². The van der Waals surface area contributed by atoms with Gasteiger partial charge in [-0.3, -0.25) is 0 Å². The van der Waals surface area contributed by atoms with Crippen LogP contribution in [0, 0.1) is 3.57 Å². The van der Waals surface area contributed by atoms with E-state index in [0.29, 0.717) is 6.42 Å². The summed E-state index contributed by atoms with van der Waals surface area (Å²) < 4.78 is 42.2. The molecule has 1 heterocycles. The lowest BCUT2D eigenvalue weighted by molar-refractivity contribution is -0.143. The molecule has 0 amide bonds. The second kappa shape index (κ2) is 4.67. The van der Waals surface area contributed by atoms with Crippen LogP contribution in [0.2, 0.25) is 0 Å². The fourth-order valence-electron chi connectivity index (χ4n) is 1.38. The van der Waals surface area contributed by atoms with E-state index in [2.05, 4.69) is 5.16 Å². The molecule has 6 heteroatoms. The number of halogens is 4. The molecule has 0 bridgehead atoms. The summed E-state index contributed by atoms with van der Waals surface area (Å²) in [5.41, 5.74) is -0.0701. The van der Waals surface area contributed by atoms with Crippen LogP contribution in [0.4, 0.5) is 13.2 Å². The molecular weight excluding hydrogens is 346 g/mol. The number of aromatic nitrogens is 1. The molecule has 0 saturated carbocycles. The van der Waals surface area contributed by atoms with Gasteiger partial charge >= 0.3 is 6.18 Å². The molecule has 90 valence electrons. The molecule has 0 spiro atoms. The molecule has 0 fully saturated rings. The zero-order valence-corrected chi connectivity index (χ0v) is 10.6. The Kier molecular flexibility index (Phi) is 3.41. The predicted octanol–water partition coefficient (Wildman–Crippen LogP) is 3.89. The monoisotopic (exact) mass is 353 g/mol. The first kappa shape index (κ1) is 12.4. The van der Waals surface area contributed by atoms with Crippen molar-refractivity contribution in [1.82, 2.24) is 5.16 Å². The highest BCUT2D eigenvalue weighted by Gasteiger charge is 2.38. The van der Waals surface area contributed by atoms with E-state index in [1.807, 2.05) is 30.3 Å². The summed E-state index contributed by atoms with van der Waals surface area (Å²) in [6, 6.07) is 9.14. The molecule has 0 unspecified atom stereocenters. The van der Waals surface area contributed by atoms with Crippen molar-refractivity contribution in [3.05, 3.63) is 50.9 Å². The van der Waals surface area contributed by atoms with Gasteiger partial charge in [-0.2, -0.15) is 13.2 Å². The molecule has 17 heavy (non-hydrogen) atoms. The molecule has 0 aliphatic carbocycles. The summed E-state index contributed by atoms with van der Waals surface area (Å²) in [6.45, 7) is 0. The third-order valence-corrected chi connectivity index (χ3v) is 3.29. The smallest absolute Gasteiger partial charge is 0.359 e. The lowest BCUT2D eigenvalue weighted by Crippen LogP contribution is -2.07. The minimum absolute atomic E-state index is 0.0268. The van der Waals surface area contributed by atoms with Gasteiger partial charge in [-0.05, 0) is 28.2 Å². The Bertz CT molecular complexity index is 507. The standard InChI is InChI=1S/C11H7F3INO/c12-11(13,14)10-9(15)8(17-16-10)6-7-4-2-1-3-5-7/h1-5H,6H2. The predicted molar refractivity (Wildman–Crippen MR) is 63.5 cm³/mol. The van der Waals surface area contributed by atoms with Crippen molar-refractivity contribution in [3.8, 4) is 0 Å². The number of alkyl halides is 3. The Labute approximate surface area is 109 Å². The van der Waals surface area contributed by atoms with Crippen LogP contribution in [0.5, 0.6) is 0 Å². The molecule has 2 rings (SSSR count). The van der Waals surface area contributed by atoms with E-state index in [1.165, 1.54) is 0 Å². The van der Waals surface area contributed by atoms with Gasteiger partial charge in [0.15, 0.2) is 5.76 Å². The Morgan fingerprint density at radius 3 is 2.35 bits per heavy atom. The van der Waals surface area contributed by atoms with E-state index in [-0.39, 0.29) is 9.33 Å². The van der Waals surface area contributed by atoms with Crippen LogP contribution in [0.1, 0.15) is 17.0 Å². The zero-order chi connectivity index (χ0) is 12.5. The van der Waals surface area contributed by atoms with Crippen LogP contribution >= 0.6 is 22.6 Å². The summed E-state index contributed by atoms with van der Waals surface area (Å²) >= 11 is 1.61. The lowest BCUT2D eigenvalue weighted by atomic mass is 10.1. The summed E-state index contributed by atoms with van der Waals surface area (Å²) in [6.07, 6.45) is -4.16. The quantitative estimate of drug-likeness (QED) is 0.766. The van der Waals surface area contributed by atoms with Crippen LogP contribution in [-0.4, -0.2) is 5.16 Å². The largest absolute Gasteiger partial charge is 0.437 e. The van der Waals surface area contributed by atoms with Crippen molar-refractivity contribution in [2.75, 3.05) is 0 Å². The van der Waals surface area contributed by atoms with Crippen molar-refractivity contribution in [2.45, 2.75) is 12.6 Å². The fraction of sp³-hybridized carbons (Fsp3) is 0.182. The first-order valence-electron chi connectivity index (χ1n) is 4.73. The lowest BCUT2D eigenvalue weighted by Gasteiger charge is -2.01. The van der Waals surface area contributed by atoms with Gasteiger partial charge in [0.25, 0.3) is 0 Å². The molecule has 1 aromatic carbocycles. The van der Waals surface area contributed by atoms with E-state index in [0.717, 1.165) is 5.56 Å². The van der Waals surface area contributed by atoms with Crippen molar-refractivity contribution in [2.24, 2.45) is 0 Å². The van der Waals surface area contributed by atoms with Crippen LogP contribution < -0.4 is 0 Å². The van der Waals surface area contributed by atoms with Crippen LogP contribution in [-0.2, 0) is 12.6 Å². The molecular formula is C11H7F3INO. The summed E-state index contributed by atoms with van der Waals surface area (Å²) in [7, 11) is 0. The van der Waals surface area contributed by atoms with Crippen LogP contribution in [0.25, 0.3) is 0 Å². The van der Waals surface area contributed by atoms with Gasteiger partial charge in [0.05, 0.1) is 3.57 Å².